The predicted octanol–water partition coefficient (Wildman–Crippen LogP) is 1.10. The molecular weight excluding hydrogens is 358 g/mol. The zero-order chi connectivity index (χ0) is 16.9. The molecule has 0 fully saturated rings. The second kappa shape index (κ2) is 7.23. The van der Waals surface area contributed by atoms with Crippen LogP contribution in [0.4, 0.5) is 4.79 Å². The SMILES string of the molecule is CC(C)(NC(=O)O)[C@H](NC(=O)c1ccc(Br)cc1)C(=O)NO. The van der Waals surface area contributed by atoms with Crippen LogP contribution in [0.5, 0.6) is 0 Å². The third-order valence-electron chi connectivity index (χ3n) is 2.91. The minimum Gasteiger partial charge on any atom is -0.465 e. The molecule has 9 heteroatoms. The number of benzene rings is 1. The number of hydrogen-bond donors (Lipinski definition) is 5. The third kappa shape index (κ3) is 4.71. The molecule has 0 radical (unpaired) electrons. The molecule has 1 aromatic rings. The Morgan fingerprint density at radius 2 is 1.73 bits per heavy atom. The van der Waals surface area contributed by atoms with Crippen LogP contribution in [0.25, 0.3) is 0 Å². The van der Waals surface area contributed by atoms with Gasteiger partial charge in [0.15, 0.2) is 0 Å². The first-order valence-electron chi connectivity index (χ1n) is 6.19. The van der Waals surface area contributed by atoms with Crippen molar-refractivity contribution in [2.24, 2.45) is 0 Å². The van der Waals surface area contributed by atoms with Crippen molar-refractivity contribution in [1.82, 2.24) is 16.1 Å². The van der Waals surface area contributed by atoms with E-state index in [0.29, 0.717) is 0 Å². The summed E-state index contributed by atoms with van der Waals surface area (Å²) in [5.74, 6) is -1.52. The first-order valence-corrected chi connectivity index (χ1v) is 6.98. The standard InChI is InChI=1S/C13H16BrN3O5/c1-13(2,16-12(20)21)9(11(19)17-22)15-10(18)7-3-5-8(14)6-4-7/h3-6,9,16,22H,1-2H3,(H,15,18)(H,17,19)(H,20,21)/t9-/m1/s1. The molecule has 5 N–H and O–H groups in total. The lowest BCUT2D eigenvalue weighted by molar-refractivity contribution is -0.132. The minimum atomic E-state index is -1.36. The van der Waals surface area contributed by atoms with E-state index in [2.05, 4.69) is 26.6 Å². The lowest BCUT2D eigenvalue weighted by Gasteiger charge is -2.33. The van der Waals surface area contributed by atoms with Crippen molar-refractivity contribution < 1.29 is 24.7 Å². The van der Waals surface area contributed by atoms with Crippen molar-refractivity contribution in [1.29, 1.82) is 0 Å². The van der Waals surface area contributed by atoms with Crippen LogP contribution in [0.15, 0.2) is 28.7 Å². The Labute approximate surface area is 135 Å². The Balaban J connectivity index is 2.98. The molecule has 3 amide bonds. The van der Waals surface area contributed by atoms with Gasteiger partial charge >= 0.3 is 6.09 Å². The number of amides is 3. The number of carbonyl (C=O) groups is 3. The fraction of sp³-hybridized carbons (Fsp3) is 0.308. The molecule has 0 aliphatic heterocycles. The molecule has 0 aliphatic rings. The zero-order valence-electron chi connectivity index (χ0n) is 11.9. The maximum Gasteiger partial charge on any atom is 0.405 e. The predicted molar refractivity (Wildman–Crippen MR) is 80.6 cm³/mol. The van der Waals surface area contributed by atoms with Gasteiger partial charge in [0, 0.05) is 10.0 Å². The van der Waals surface area contributed by atoms with Crippen molar-refractivity contribution in [2.75, 3.05) is 0 Å². The first-order chi connectivity index (χ1) is 10.2. The van der Waals surface area contributed by atoms with E-state index >= 15 is 0 Å². The summed E-state index contributed by atoms with van der Waals surface area (Å²) in [6.07, 6.45) is -1.36. The Morgan fingerprint density at radius 1 is 1.18 bits per heavy atom. The Morgan fingerprint density at radius 3 is 2.18 bits per heavy atom. The quantitative estimate of drug-likeness (QED) is 0.390. The van der Waals surface area contributed by atoms with E-state index in [1.54, 1.807) is 12.1 Å². The van der Waals surface area contributed by atoms with E-state index in [9.17, 15) is 14.4 Å². The summed E-state index contributed by atoms with van der Waals surface area (Å²) in [6, 6.07) is 5.05. The van der Waals surface area contributed by atoms with Crippen molar-refractivity contribution in [3.63, 3.8) is 0 Å². The van der Waals surface area contributed by atoms with Gasteiger partial charge in [-0.3, -0.25) is 14.8 Å². The van der Waals surface area contributed by atoms with Gasteiger partial charge < -0.3 is 15.7 Å². The second-order valence-corrected chi connectivity index (χ2v) is 5.96. The molecule has 0 bridgehead atoms. The normalized spacial score (nSPS) is 12.2. The van der Waals surface area contributed by atoms with E-state index in [0.717, 1.165) is 4.47 Å². The number of carboxylic acid groups (broad SMARTS) is 1. The van der Waals surface area contributed by atoms with Crippen LogP contribution in [0.2, 0.25) is 0 Å². The van der Waals surface area contributed by atoms with Gasteiger partial charge in [0.2, 0.25) is 0 Å². The van der Waals surface area contributed by atoms with Gasteiger partial charge in [-0.15, -0.1) is 0 Å². The number of hydrogen-bond acceptors (Lipinski definition) is 4. The molecule has 1 atom stereocenters. The van der Waals surface area contributed by atoms with Crippen LogP contribution in [-0.2, 0) is 4.79 Å². The van der Waals surface area contributed by atoms with Crippen LogP contribution >= 0.6 is 15.9 Å². The molecule has 1 rings (SSSR count). The third-order valence-corrected chi connectivity index (χ3v) is 3.43. The average Bonchev–Trinajstić information content (AvgIpc) is 2.42. The molecule has 0 unspecified atom stereocenters. The van der Waals surface area contributed by atoms with Gasteiger partial charge in [-0.1, -0.05) is 15.9 Å². The van der Waals surface area contributed by atoms with Crippen LogP contribution in [0.1, 0.15) is 24.2 Å². The summed E-state index contributed by atoms with van der Waals surface area (Å²) in [5.41, 5.74) is 0.355. The van der Waals surface area contributed by atoms with Crippen molar-refractivity contribution in [2.45, 2.75) is 25.4 Å². The topological polar surface area (TPSA) is 128 Å². The molecule has 0 aliphatic carbocycles. The van der Waals surface area contributed by atoms with Gasteiger partial charge in [0.05, 0.1) is 5.54 Å². The summed E-state index contributed by atoms with van der Waals surface area (Å²) in [5, 5.41) is 22.1. The minimum absolute atomic E-state index is 0.282. The molecular formula is C13H16BrN3O5. The zero-order valence-corrected chi connectivity index (χ0v) is 13.5. The number of rotatable bonds is 5. The van der Waals surface area contributed by atoms with Crippen LogP contribution < -0.4 is 16.1 Å². The second-order valence-electron chi connectivity index (χ2n) is 5.04. The van der Waals surface area contributed by atoms with Crippen molar-refractivity contribution in [3.05, 3.63) is 34.3 Å². The number of hydroxylamine groups is 1. The summed E-state index contributed by atoms with van der Waals surface area (Å²) in [4.78, 5) is 34.7. The Kier molecular flexibility index (Phi) is 5.89. The van der Waals surface area contributed by atoms with Gasteiger partial charge in [-0.2, -0.15) is 0 Å². The van der Waals surface area contributed by atoms with Crippen molar-refractivity contribution >= 4 is 33.8 Å². The van der Waals surface area contributed by atoms with Gasteiger partial charge in [-0.25, -0.2) is 10.3 Å². The van der Waals surface area contributed by atoms with Gasteiger partial charge in [0.25, 0.3) is 11.8 Å². The monoisotopic (exact) mass is 373 g/mol. The summed E-state index contributed by atoms with van der Waals surface area (Å²) in [7, 11) is 0. The molecule has 22 heavy (non-hydrogen) atoms. The first kappa shape index (κ1) is 17.9. The smallest absolute Gasteiger partial charge is 0.405 e. The fourth-order valence-electron chi connectivity index (χ4n) is 1.80. The molecule has 0 saturated heterocycles. The van der Waals surface area contributed by atoms with E-state index in [4.69, 9.17) is 10.3 Å². The van der Waals surface area contributed by atoms with Crippen molar-refractivity contribution in [3.8, 4) is 0 Å². The largest absolute Gasteiger partial charge is 0.465 e. The summed E-state index contributed by atoms with van der Waals surface area (Å²) < 4.78 is 0.779. The van der Waals surface area contributed by atoms with E-state index in [-0.39, 0.29) is 5.56 Å². The van der Waals surface area contributed by atoms with Crippen LogP contribution in [0.3, 0.4) is 0 Å². The highest BCUT2D eigenvalue weighted by atomic mass is 79.9. The highest BCUT2D eigenvalue weighted by molar-refractivity contribution is 9.10. The molecule has 0 aromatic heterocycles. The highest BCUT2D eigenvalue weighted by Gasteiger charge is 2.38. The Bertz CT molecular complexity index is 574. The van der Waals surface area contributed by atoms with Crippen LogP contribution in [0, 0.1) is 0 Å². The molecule has 120 valence electrons. The Hall–Kier alpha value is -2.13. The van der Waals surface area contributed by atoms with Gasteiger partial charge in [0.1, 0.15) is 6.04 Å². The summed E-state index contributed by atoms with van der Waals surface area (Å²) in [6.45, 7) is 2.81. The van der Waals surface area contributed by atoms with E-state index in [1.165, 1.54) is 31.5 Å². The molecule has 0 heterocycles. The lowest BCUT2D eigenvalue weighted by Crippen LogP contribution is -2.64. The molecule has 0 saturated carbocycles. The fourth-order valence-corrected chi connectivity index (χ4v) is 2.07. The lowest BCUT2D eigenvalue weighted by atomic mass is 9.93. The maximum absolute atomic E-state index is 12.2. The summed E-state index contributed by atoms with van der Waals surface area (Å²) >= 11 is 3.23. The molecule has 8 nitrogen and oxygen atoms in total. The molecule has 1 aromatic carbocycles. The van der Waals surface area contributed by atoms with Gasteiger partial charge in [-0.05, 0) is 38.1 Å². The highest BCUT2D eigenvalue weighted by Crippen LogP contribution is 2.13. The molecule has 0 spiro atoms. The number of carbonyl (C=O) groups excluding carboxylic acids is 2. The number of nitrogens with one attached hydrogen (secondary N) is 3. The van der Waals surface area contributed by atoms with E-state index < -0.39 is 29.5 Å². The number of halogens is 1. The van der Waals surface area contributed by atoms with Crippen LogP contribution in [-0.4, -0.2) is 39.8 Å². The maximum atomic E-state index is 12.2. The van der Waals surface area contributed by atoms with E-state index in [1.807, 2.05) is 0 Å². The average molecular weight is 374 g/mol.